The first kappa shape index (κ1) is 14.1. The van der Waals surface area contributed by atoms with Crippen LogP contribution in [-0.2, 0) is 6.54 Å². The lowest BCUT2D eigenvalue weighted by Gasteiger charge is -2.29. The van der Waals surface area contributed by atoms with E-state index in [1.165, 1.54) is 12.1 Å². The van der Waals surface area contributed by atoms with E-state index < -0.39 is 0 Å². The Balaban J connectivity index is 2.03. The molecule has 0 fully saturated rings. The van der Waals surface area contributed by atoms with E-state index in [1.54, 1.807) is 19.2 Å². The minimum atomic E-state index is -0.386. The van der Waals surface area contributed by atoms with Crippen LogP contribution in [0, 0.1) is 10.1 Å². The third kappa shape index (κ3) is 2.41. The SMILES string of the molecule is COc1cccc2c1CN(C)C(c1ccc([N+](=O)[O-])cc1)=C2. The van der Waals surface area contributed by atoms with Gasteiger partial charge in [0, 0.05) is 37.0 Å². The lowest BCUT2D eigenvalue weighted by Crippen LogP contribution is -2.20. The molecule has 0 unspecified atom stereocenters. The normalized spacial score (nSPS) is 13.4. The first-order valence-corrected chi connectivity index (χ1v) is 6.93. The lowest BCUT2D eigenvalue weighted by molar-refractivity contribution is -0.384. The number of benzene rings is 2. The minimum Gasteiger partial charge on any atom is -0.496 e. The Kier molecular flexibility index (Phi) is 3.55. The number of fused-ring (bicyclic) bond motifs is 1. The van der Waals surface area contributed by atoms with E-state index in [-0.39, 0.29) is 10.6 Å². The van der Waals surface area contributed by atoms with Crippen LogP contribution in [-0.4, -0.2) is 24.0 Å². The molecule has 1 aliphatic rings. The summed E-state index contributed by atoms with van der Waals surface area (Å²) in [5.41, 5.74) is 4.37. The van der Waals surface area contributed by atoms with Gasteiger partial charge in [0.05, 0.1) is 12.0 Å². The van der Waals surface area contributed by atoms with E-state index in [2.05, 4.69) is 17.0 Å². The molecule has 2 aromatic carbocycles. The topological polar surface area (TPSA) is 55.6 Å². The fraction of sp³-hybridized carbons (Fsp3) is 0.176. The Bertz CT molecular complexity index is 751. The molecule has 0 radical (unpaired) electrons. The highest BCUT2D eigenvalue weighted by molar-refractivity contribution is 5.84. The van der Waals surface area contributed by atoms with Crippen molar-refractivity contribution < 1.29 is 9.66 Å². The van der Waals surface area contributed by atoms with Crippen molar-refractivity contribution in [2.24, 2.45) is 0 Å². The predicted molar refractivity (Wildman–Crippen MR) is 85.4 cm³/mol. The van der Waals surface area contributed by atoms with Crippen LogP contribution in [0.4, 0.5) is 5.69 Å². The molecule has 22 heavy (non-hydrogen) atoms. The summed E-state index contributed by atoms with van der Waals surface area (Å²) in [6, 6.07) is 12.6. The first-order chi connectivity index (χ1) is 10.6. The second-order valence-electron chi connectivity index (χ2n) is 5.22. The maximum Gasteiger partial charge on any atom is 0.269 e. The van der Waals surface area contributed by atoms with Gasteiger partial charge in [0.1, 0.15) is 5.75 Å². The zero-order valence-electron chi connectivity index (χ0n) is 12.4. The Hall–Kier alpha value is -2.82. The van der Waals surface area contributed by atoms with Crippen LogP contribution in [0.1, 0.15) is 16.7 Å². The summed E-state index contributed by atoms with van der Waals surface area (Å²) in [7, 11) is 3.67. The highest BCUT2D eigenvalue weighted by Gasteiger charge is 2.19. The van der Waals surface area contributed by atoms with Gasteiger partial charge < -0.3 is 9.64 Å². The number of nitro benzene ring substituents is 1. The maximum atomic E-state index is 10.8. The molecule has 0 aromatic heterocycles. The molecule has 112 valence electrons. The molecule has 0 spiro atoms. The van der Waals surface area contributed by atoms with Crippen LogP contribution in [0.5, 0.6) is 5.75 Å². The zero-order valence-corrected chi connectivity index (χ0v) is 12.4. The molecule has 3 rings (SSSR count). The van der Waals surface area contributed by atoms with Crippen molar-refractivity contribution in [2.75, 3.05) is 14.2 Å². The summed E-state index contributed by atoms with van der Waals surface area (Å²) >= 11 is 0. The summed E-state index contributed by atoms with van der Waals surface area (Å²) in [4.78, 5) is 12.5. The van der Waals surface area contributed by atoms with Gasteiger partial charge >= 0.3 is 0 Å². The number of nitrogens with zero attached hydrogens (tertiary/aromatic N) is 2. The Morgan fingerprint density at radius 1 is 1.18 bits per heavy atom. The molecule has 0 atom stereocenters. The molecule has 5 heteroatoms. The smallest absolute Gasteiger partial charge is 0.269 e. The number of rotatable bonds is 3. The number of ether oxygens (including phenoxy) is 1. The predicted octanol–water partition coefficient (Wildman–Crippen LogP) is 3.55. The highest BCUT2D eigenvalue weighted by atomic mass is 16.6. The van der Waals surface area contributed by atoms with Crippen molar-refractivity contribution in [3.05, 3.63) is 69.3 Å². The summed E-state index contributed by atoms with van der Waals surface area (Å²) < 4.78 is 5.41. The van der Waals surface area contributed by atoms with Gasteiger partial charge in [0.2, 0.25) is 0 Å². The molecule has 0 saturated heterocycles. The van der Waals surface area contributed by atoms with Gasteiger partial charge in [-0.05, 0) is 35.4 Å². The summed E-state index contributed by atoms with van der Waals surface area (Å²) in [5, 5.41) is 10.8. The van der Waals surface area contributed by atoms with E-state index in [1.807, 2.05) is 19.2 Å². The third-order valence-corrected chi connectivity index (χ3v) is 3.86. The second-order valence-corrected chi connectivity index (χ2v) is 5.22. The van der Waals surface area contributed by atoms with Gasteiger partial charge in [-0.2, -0.15) is 0 Å². The molecule has 0 N–H and O–H groups in total. The molecule has 5 nitrogen and oxygen atoms in total. The number of hydrogen-bond acceptors (Lipinski definition) is 4. The Morgan fingerprint density at radius 2 is 1.91 bits per heavy atom. The van der Waals surface area contributed by atoms with Gasteiger partial charge in [-0.25, -0.2) is 0 Å². The van der Waals surface area contributed by atoms with Gasteiger partial charge in [-0.1, -0.05) is 12.1 Å². The molecular formula is C17H16N2O3. The van der Waals surface area contributed by atoms with Crippen molar-refractivity contribution in [1.82, 2.24) is 4.90 Å². The van der Waals surface area contributed by atoms with Crippen molar-refractivity contribution in [3.63, 3.8) is 0 Å². The summed E-state index contributed by atoms with van der Waals surface area (Å²) in [6.45, 7) is 0.738. The monoisotopic (exact) mass is 296 g/mol. The molecule has 0 amide bonds. The highest BCUT2D eigenvalue weighted by Crippen LogP contribution is 2.34. The number of non-ortho nitro benzene ring substituents is 1. The second kappa shape index (κ2) is 5.52. The van der Waals surface area contributed by atoms with Crippen molar-refractivity contribution >= 4 is 17.5 Å². The average molecular weight is 296 g/mol. The minimum absolute atomic E-state index is 0.102. The molecule has 0 saturated carbocycles. The molecule has 0 aliphatic carbocycles. The van der Waals surface area contributed by atoms with Gasteiger partial charge in [0.15, 0.2) is 0 Å². The Morgan fingerprint density at radius 3 is 2.55 bits per heavy atom. The van der Waals surface area contributed by atoms with E-state index in [0.29, 0.717) is 0 Å². The number of methoxy groups -OCH3 is 1. The fourth-order valence-corrected chi connectivity index (χ4v) is 2.72. The number of nitro groups is 1. The molecule has 1 heterocycles. The molecular weight excluding hydrogens is 280 g/mol. The van der Waals surface area contributed by atoms with E-state index in [9.17, 15) is 10.1 Å². The molecule has 1 aliphatic heterocycles. The van der Waals surface area contributed by atoms with Crippen molar-refractivity contribution in [1.29, 1.82) is 0 Å². The lowest BCUT2D eigenvalue weighted by atomic mass is 9.97. The quantitative estimate of drug-likeness (QED) is 0.642. The zero-order chi connectivity index (χ0) is 15.7. The standard InChI is InChI=1S/C17H16N2O3/c1-18-11-15-13(4-3-5-17(15)22-2)10-16(18)12-6-8-14(9-7-12)19(20)21/h3-10H,11H2,1-2H3. The molecule has 2 aromatic rings. The van der Waals surface area contributed by atoms with E-state index >= 15 is 0 Å². The third-order valence-electron chi connectivity index (χ3n) is 3.86. The van der Waals surface area contributed by atoms with Crippen LogP contribution in [0.2, 0.25) is 0 Å². The summed E-state index contributed by atoms with van der Waals surface area (Å²) in [5.74, 6) is 0.878. The molecule has 0 bridgehead atoms. The summed E-state index contributed by atoms with van der Waals surface area (Å²) in [6.07, 6.45) is 2.09. The van der Waals surface area contributed by atoms with E-state index in [0.717, 1.165) is 34.7 Å². The van der Waals surface area contributed by atoms with Crippen molar-refractivity contribution in [2.45, 2.75) is 6.54 Å². The Labute approximate surface area is 128 Å². The van der Waals surface area contributed by atoms with Crippen molar-refractivity contribution in [3.8, 4) is 5.75 Å². The van der Waals surface area contributed by atoms with Gasteiger partial charge in [-0.3, -0.25) is 10.1 Å². The van der Waals surface area contributed by atoms with Crippen LogP contribution >= 0.6 is 0 Å². The first-order valence-electron chi connectivity index (χ1n) is 6.93. The van der Waals surface area contributed by atoms with Gasteiger partial charge in [0.25, 0.3) is 5.69 Å². The largest absolute Gasteiger partial charge is 0.496 e. The maximum absolute atomic E-state index is 10.8. The fourth-order valence-electron chi connectivity index (χ4n) is 2.72. The number of hydrogen-bond donors (Lipinski definition) is 0. The van der Waals surface area contributed by atoms with Crippen LogP contribution < -0.4 is 4.74 Å². The van der Waals surface area contributed by atoms with Crippen LogP contribution in [0.25, 0.3) is 11.8 Å². The van der Waals surface area contributed by atoms with Crippen LogP contribution in [0.15, 0.2) is 42.5 Å². The average Bonchev–Trinajstić information content (AvgIpc) is 2.53. The van der Waals surface area contributed by atoms with E-state index in [4.69, 9.17) is 4.74 Å². The van der Waals surface area contributed by atoms with Gasteiger partial charge in [-0.15, -0.1) is 0 Å². The van der Waals surface area contributed by atoms with Crippen LogP contribution in [0.3, 0.4) is 0 Å².